The van der Waals surface area contributed by atoms with Gasteiger partial charge in [-0.25, -0.2) is 4.99 Å². The highest BCUT2D eigenvalue weighted by molar-refractivity contribution is 8.15. The number of benzene rings is 1. The second-order valence-electron chi connectivity index (χ2n) is 11.4. The minimum atomic E-state index is 0.172. The van der Waals surface area contributed by atoms with Gasteiger partial charge >= 0.3 is 0 Å². The minimum Gasteiger partial charge on any atom is -0.335 e. The molecule has 1 spiro atoms. The van der Waals surface area contributed by atoms with Crippen LogP contribution in [0.2, 0.25) is 0 Å². The van der Waals surface area contributed by atoms with Gasteiger partial charge in [0.25, 0.3) is 0 Å². The molecule has 0 amide bonds. The molecule has 1 N–H and O–H groups in total. The molecule has 1 saturated carbocycles. The predicted octanol–water partition coefficient (Wildman–Crippen LogP) is 7.17. The number of anilines is 1. The van der Waals surface area contributed by atoms with Crippen LogP contribution in [-0.4, -0.2) is 9.91 Å². The molecule has 148 valence electrons. The maximum Gasteiger partial charge on any atom is 0.166 e. The molecule has 2 atom stereocenters. The standard InChI is InChI=1S/C25H32N2S/c1-22(2)11-17-12-24(5)14-23(3,4)15-25(16-24)20(17)19(13-22)27-21(28-25)26-18-9-7-6-8-10-18/h6-10,12H,11,13-16H2,1-5H3,(H,26,27)/t24-,25-/m0/s1. The van der Waals surface area contributed by atoms with Crippen LogP contribution in [-0.2, 0) is 0 Å². The first kappa shape index (κ1) is 18.5. The number of nitrogens with one attached hydrogen (secondary N) is 1. The summed E-state index contributed by atoms with van der Waals surface area (Å²) >= 11 is 2.01. The SMILES string of the molecule is CC1(C)CC2=C[C@@]3(C)CC(C)(C)C[C@@]4(C3)SC(Nc3ccccc3)=NC(=C24)C1. The van der Waals surface area contributed by atoms with E-state index in [1.807, 2.05) is 11.8 Å². The van der Waals surface area contributed by atoms with Gasteiger partial charge in [-0.2, -0.15) is 0 Å². The van der Waals surface area contributed by atoms with E-state index in [9.17, 15) is 0 Å². The Kier molecular flexibility index (Phi) is 3.83. The molecular weight excluding hydrogens is 360 g/mol. The normalized spacial score (nSPS) is 34.9. The quantitative estimate of drug-likeness (QED) is 0.548. The van der Waals surface area contributed by atoms with Crippen LogP contribution >= 0.6 is 11.8 Å². The molecule has 0 aromatic heterocycles. The van der Waals surface area contributed by atoms with E-state index >= 15 is 0 Å². The highest BCUT2D eigenvalue weighted by Crippen LogP contribution is 2.67. The number of hydrogen-bond acceptors (Lipinski definition) is 3. The average molecular weight is 393 g/mol. The van der Waals surface area contributed by atoms with Crippen molar-refractivity contribution in [1.29, 1.82) is 0 Å². The van der Waals surface area contributed by atoms with Gasteiger partial charge in [0.1, 0.15) is 0 Å². The number of fused-ring (bicyclic) bond motifs is 1. The maximum atomic E-state index is 5.20. The van der Waals surface area contributed by atoms with Gasteiger partial charge in [-0.05, 0) is 71.6 Å². The Bertz CT molecular complexity index is 921. The first-order valence-corrected chi connectivity index (χ1v) is 11.4. The topological polar surface area (TPSA) is 24.4 Å². The Morgan fingerprint density at radius 2 is 1.64 bits per heavy atom. The molecule has 1 fully saturated rings. The largest absolute Gasteiger partial charge is 0.335 e. The molecule has 0 unspecified atom stereocenters. The third-order valence-electron chi connectivity index (χ3n) is 6.79. The molecule has 0 saturated heterocycles. The summed E-state index contributed by atoms with van der Waals surface area (Å²) in [7, 11) is 0. The second kappa shape index (κ2) is 5.78. The summed E-state index contributed by atoms with van der Waals surface area (Å²) in [5.74, 6) is 0. The lowest BCUT2D eigenvalue weighted by molar-refractivity contribution is 0.107. The summed E-state index contributed by atoms with van der Waals surface area (Å²) in [5, 5.41) is 4.73. The Morgan fingerprint density at radius 3 is 2.39 bits per heavy atom. The fourth-order valence-electron chi connectivity index (χ4n) is 6.73. The monoisotopic (exact) mass is 392 g/mol. The van der Waals surface area contributed by atoms with Crippen molar-refractivity contribution in [3.05, 3.63) is 53.3 Å². The molecule has 2 nitrogen and oxygen atoms in total. The van der Waals surface area contributed by atoms with Gasteiger partial charge < -0.3 is 5.32 Å². The number of hydrogen-bond donors (Lipinski definition) is 1. The maximum absolute atomic E-state index is 5.20. The third kappa shape index (κ3) is 3.07. The van der Waals surface area contributed by atoms with Crippen molar-refractivity contribution in [2.24, 2.45) is 21.2 Å². The average Bonchev–Trinajstić information content (AvgIpc) is 2.50. The number of aliphatic imine (C=N–C) groups is 1. The Hall–Kier alpha value is -1.48. The molecule has 1 aromatic rings. The molecule has 2 bridgehead atoms. The van der Waals surface area contributed by atoms with Crippen LogP contribution in [0.15, 0.2) is 58.2 Å². The molecule has 3 aliphatic carbocycles. The summed E-state index contributed by atoms with van der Waals surface area (Å²) in [5.41, 5.74) is 6.61. The van der Waals surface area contributed by atoms with Gasteiger partial charge in [-0.15, -0.1) is 0 Å². The zero-order chi connectivity index (χ0) is 19.8. The fraction of sp³-hybridized carbons (Fsp3) is 0.560. The van der Waals surface area contributed by atoms with Gasteiger partial charge in [0.15, 0.2) is 5.17 Å². The fourth-order valence-corrected chi connectivity index (χ4v) is 8.64. The summed E-state index contributed by atoms with van der Waals surface area (Å²) in [6, 6.07) is 10.5. The van der Waals surface area contributed by atoms with Crippen molar-refractivity contribution in [1.82, 2.24) is 0 Å². The molecule has 3 heteroatoms. The lowest BCUT2D eigenvalue weighted by Gasteiger charge is -2.59. The van der Waals surface area contributed by atoms with Crippen LogP contribution in [0.4, 0.5) is 5.69 Å². The zero-order valence-corrected chi connectivity index (χ0v) is 18.7. The highest BCUT2D eigenvalue weighted by atomic mass is 32.2. The molecule has 1 aromatic carbocycles. The van der Waals surface area contributed by atoms with Crippen molar-refractivity contribution in [3.8, 4) is 0 Å². The van der Waals surface area contributed by atoms with Crippen molar-refractivity contribution < 1.29 is 0 Å². The van der Waals surface area contributed by atoms with Crippen LogP contribution < -0.4 is 5.32 Å². The first-order valence-electron chi connectivity index (χ1n) is 10.6. The van der Waals surface area contributed by atoms with Gasteiger partial charge in [0.05, 0.1) is 4.75 Å². The van der Waals surface area contributed by atoms with Crippen LogP contribution in [0.3, 0.4) is 0 Å². The molecule has 4 aliphatic rings. The number of amidine groups is 1. The molecular formula is C25H32N2S. The van der Waals surface area contributed by atoms with Crippen LogP contribution in [0.25, 0.3) is 0 Å². The number of allylic oxidation sites excluding steroid dienone is 3. The van der Waals surface area contributed by atoms with E-state index in [1.165, 1.54) is 31.4 Å². The first-order chi connectivity index (χ1) is 13.1. The number of thioether (sulfide) groups is 1. The van der Waals surface area contributed by atoms with E-state index < -0.39 is 0 Å². The summed E-state index contributed by atoms with van der Waals surface area (Å²) < 4.78 is 0.172. The smallest absolute Gasteiger partial charge is 0.166 e. The van der Waals surface area contributed by atoms with Crippen molar-refractivity contribution >= 4 is 22.6 Å². The number of rotatable bonds is 1. The van der Waals surface area contributed by atoms with Crippen LogP contribution in [0, 0.1) is 16.2 Å². The van der Waals surface area contributed by atoms with Gasteiger partial charge in [-0.1, -0.05) is 70.7 Å². The van der Waals surface area contributed by atoms with E-state index in [1.54, 1.807) is 11.1 Å². The van der Waals surface area contributed by atoms with Gasteiger partial charge in [0.2, 0.25) is 0 Å². The van der Waals surface area contributed by atoms with E-state index in [4.69, 9.17) is 4.99 Å². The molecule has 1 aliphatic heterocycles. The van der Waals surface area contributed by atoms with Crippen LogP contribution in [0.1, 0.15) is 66.7 Å². The van der Waals surface area contributed by atoms with Crippen molar-refractivity contribution in [2.45, 2.75) is 71.5 Å². The lowest BCUT2D eigenvalue weighted by Crippen LogP contribution is -2.52. The molecule has 0 radical (unpaired) electrons. The summed E-state index contributed by atoms with van der Waals surface area (Å²) in [6.07, 6.45) is 8.69. The van der Waals surface area contributed by atoms with Crippen LogP contribution in [0.5, 0.6) is 0 Å². The van der Waals surface area contributed by atoms with E-state index in [-0.39, 0.29) is 10.2 Å². The number of nitrogens with zero attached hydrogens (tertiary/aromatic N) is 1. The third-order valence-corrected chi connectivity index (χ3v) is 8.06. The van der Waals surface area contributed by atoms with Gasteiger partial charge in [-0.3, -0.25) is 0 Å². The molecule has 5 rings (SSSR count). The lowest BCUT2D eigenvalue weighted by atomic mass is 9.52. The van der Waals surface area contributed by atoms with Crippen molar-refractivity contribution in [2.75, 3.05) is 5.32 Å². The summed E-state index contributed by atoms with van der Waals surface area (Å²) in [4.78, 5) is 5.20. The minimum absolute atomic E-state index is 0.172. The zero-order valence-electron chi connectivity index (χ0n) is 17.9. The number of para-hydroxylation sites is 1. The Morgan fingerprint density at radius 1 is 0.893 bits per heavy atom. The molecule has 28 heavy (non-hydrogen) atoms. The van der Waals surface area contributed by atoms with Gasteiger partial charge in [0, 0.05) is 11.4 Å². The summed E-state index contributed by atoms with van der Waals surface area (Å²) in [6.45, 7) is 12.2. The van der Waals surface area contributed by atoms with E-state index in [0.717, 1.165) is 17.3 Å². The van der Waals surface area contributed by atoms with E-state index in [2.05, 4.69) is 76.3 Å². The second-order valence-corrected chi connectivity index (χ2v) is 12.7. The Labute approximate surface area is 174 Å². The van der Waals surface area contributed by atoms with Crippen molar-refractivity contribution in [3.63, 3.8) is 0 Å². The predicted molar refractivity (Wildman–Crippen MR) is 122 cm³/mol. The Balaban J connectivity index is 1.65. The highest BCUT2D eigenvalue weighted by Gasteiger charge is 2.57. The van der Waals surface area contributed by atoms with E-state index in [0.29, 0.717) is 10.8 Å². The molecule has 1 heterocycles.